The number of benzene rings is 1. The van der Waals surface area contributed by atoms with Gasteiger partial charge in [0.25, 0.3) is 0 Å². The molecule has 0 heterocycles. The molecule has 0 spiro atoms. The third-order valence-corrected chi connectivity index (χ3v) is 13.1. The van der Waals surface area contributed by atoms with E-state index < -0.39 is 25.2 Å². The molecule has 0 N–H and O–H groups in total. The van der Waals surface area contributed by atoms with Crippen molar-refractivity contribution in [2.24, 2.45) is 0 Å². The number of rotatable bonds is 10. The second kappa shape index (κ2) is 9.27. The molecule has 0 bridgehead atoms. The van der Waals surface area contributed by atoms with Gasteiger partial charge in [-0.25, -0.2) is 4.79 Å². The lowest BCUT2D eigenvalue weighted by Crippen LogP contribution is -2.62. The first kappa shape index (κ1) is 23.0. The molecule has 0 radical (unpaired) electrons. The van der Waals surface area contributed by atoms with Gasteiger partial charge in [0.05, 0.1) is 6.61 Å². The van der Waals surface area contributed by atoms with Crippen LogP contribution in [0.1, 0.15) is 13.3 Å². The fourth-order valence-corrected chi connectivity index (χ4v) is 14.5. The van der Waals surface area contributed by atoms with E-state index in [2.05, 4.69) is 58.0 Å². The molecule has 0 aliphatic heterocycles. The van der Waals surface area contributed by atoms with E-state index in [0.29, 0.717) is 12.2 Å². The number of carbonyl (C=O) groups is 1. The minimum absolute atomic E-state index is 0.339. The summed E-state index contributed by atoms with van der Waals surface area (Å²) in [4.78, 5) is 11.6. The van der Waals surface area contributed by atoms with Gasteiger partial charge in [0.2, 0.25) is 0 Å². The van der Waals surface area contributed by atoms with E-state index in [4.69, 9.17) is 13.0 Å². The van der Waals surface area contributed by atoms with E-state index in [9.17, 15) is 4.79 Å². The first-order valence-corrected chi connectivity index (χ1v) is 18.0. The molecule has 0 atom stereocenters. The van der Waals surface area contributed by atoms with Gasteiger partial charge in [0.1, 0.15) is 0 Å². The monoisotopic (exact) mass is 410 g/mol. The Kier molecular flexibility index (Phi) is 8.22. The first-order chi connectivity index (χ1) is 11.8. The van der Waals surface area contributed by atoms with E-state index >= 15 is 0 Å². The Labute approximate surface area is 162 Å². The Hall–Kier alpha value is -0.999. The predicted octanol–water partition coefficient (Wildman–Crippen LogP) is 4.55. The molecule has 1 aromatic rings. The lowest BCUT2D eigenvalue weighted by molar-refractivity contribution is -0.138. The van der Waals surface area contributed by atoms with E-state index in [1.165, 1.54) is 0 Å². The average molecular weight is 411 g/mol. The number of hydrogen-bond acceptors (Lipinski definition) is 4. The molecular formula is C19H34O4Si3. The van der Waals surface area contributed by atoms with Gasteiger partial charge in [-0.15, -0.1) is 0 Å². The van der Waals surface area contributed by atoms with Gasteiger partial charge in [-0.3, -0.25) is 0 Å². The lowest BCUT2D eigenvalue weighted by Gasteiger charge is -2.41. The second-order valence-electron chi connectivity index (χ2n) is 8.57. The highest BCUT2D eigenvalue weighted by Crippen LogP contribution is 2.26. The van der Waals surface area contributed by atoms with Gasteiger partial charge >= 0.3 is 14.5 Å². The van der Waals surface area contributed by atoms with Gasteiger partial charge in [0.15, 0.2) is 16.6 Å². The highest BCUT2D eigenvalue weighted by molar-refractivity contribution is 6.94. The molecule has 7 heteroatoms. The highest BCUT2D eigenvalue weighted by atomic mass is 28.5. The molecule has 0 saturated carbocycles. The molecule has 0 saturated heterocycles. The summed E-state index contributed by atoms with van der Waals surface area (Å²) < 4.78 is 18.8. The standard InChI is InChI=1S/C19H34O4Si3/c1-17(2)19(20)21-15-12-16-26(22-24(3,4)5,23-25(6,7)8)18-13-10-9-11-14-18/h9-11,13-14H,1,12,15-16H2,2-8H3. The molecule has 0 aliphatic rings. The zero-order chi connectivity index (χ0) is 20.0. The van der Waals surface area contributed by atoms with Crippen LogP contribution in [0.5, 0.6) is 0 Å². The van der Waals surface area contributed by atoms with E-state index in [1.807, 2.05) is 18.2 Å². The van der Waals surface area contributed by atoms with Crippen molar-refractivity contribution >= 4 is 36.4 Å². The van der Waals surface area contributed by atoms with Gasteiger partial charge in [-0.05, 0) is 63.9 Å². The fourth-order valence-electron chi connectivity index (χ4n) is 2.66. The van der Waals surface area contributed by atoms with Crippen molar-refractivity contribution in [1.29, 1.82) is 0 Å². The summed E-state index contributed by atoms with van der Waals surface area (Å²) in [6.07, 6.45) is 0.717. The van der Waals surface area contributed by atoms with Crippen LogP contribution in [-0.2, 0) is 17.8 Å². The Morgan fingerprint density at radius 1 is 0.962 bits per heavy atom. The summed E-state index contributed by atoms with van der Waals surface area (Å²) in [5.41, 5.74) is 0.424. The molecule has 1 rings (SSSR count). The molecule has 0 amide bonds. The molecule has 0 unspecified atom stereocenters. The maximum atomic E-state index is 11.6. The summed E-state index contributed by atoms with van der Waals surface area (Å²) in [6, 6.07) is 11.1. The Morgan fingerprint density at radius 3 is 1.88 bits per heavy atom. The van der Waals surface area contributed by atoms with Crippen LogP contribution in [0.4, 0.5) is 0 Å². The topological polar surface area (TPSA) is 44.8 Å². The zero-order valence-corrected chi connectivity index (χ0v) is 20.3. The van der Waals surface area contributed by atoms with Crippen LogP contribution in [0.15, 0.2) is 42.5 Å². The lowest BCUT2D eigenvalue weighted by atomic mass is 10.4. The van der Waals surface area contributed by atoms with Crippen LogP contribution < -0.4 is 5.19 Å². The van der Waals surface area contributed by atoms with Gasteiger partial charge in [-0.1, -0.05) is 36.9 Å². The van der Waals surface area contributed by atoms with Crippen molar-refractivity contribution in [3.05, 3.63) is 42.5 Å². The Bertz CT molecular complexity index is 587. The predicted molar refractivity (Wildman–Crippen MR) is 116 cm³/mol. The smallest absolute Gasteiger partial charge is 0.352 e. The van der Waals surface area contributed by atoms with Crippen LogP contribution >= 0.6 is 0 Å². The first-order valence-electron chi connectivity index (χ1n) is 9.13. The number of esters is 1. The average Bonchev–Trinajstić information content (AvgIpc) is 2.48. The summed E-state index contributed by atoms with van der Waals surface area (Å²) in [5.74, 6) is -0.339. The number of ether oxygens (including phenoxy) is 1. The number of hydrogen-bond donors (Lipinski definition) is 0. The molecule has 4 nitrogen and oxygen atoms in total. The molecule has 0 aromatic heterocycles. The van der Waals surface area contributed by atoms with Crippen molar-refractivity contribution in [1.82, 2.24) is 0 Å². The van der Waals surface area contributed by atoms with Crippen molar-refractivity contribution < 1.29 is 17.8 Å². The summed E-state index contributed by atoms with van der Waals surface area (Å²) in [7, 11) is -6.31. The Balaban J connectivity index is 3.08. The summed E-state index contributed by atoms with van der Waals surface area (Å²) in [5, 5.41) is 1.16. The van der Waals surface area contributed by atoms with Gasteiger partial charge < -0.3 is 13.0 Å². The van der Waals surface area contributed by atoms with Gasteiger partial charge in [0, 0.05) is 5.57 Å². The van der Waals surface area contributed by atoms with Crippen molar-refractivity contribution in [3.63, 3.8) is 0 Å². The SMILES string of the molecule is C=C(C)C(=O)OCCC[Si](O[Si](C)(C)C)(O[Si](C)(C)C)c1ccccc1. The van der Waals surface area contributed by atoms with Crippen LogP contribution in [0.25, 0.3) is 0 Å². The maximum absolute atomic E-state index is 11.6. The summed E-state index contributed by atoms with van der Waals surface area (Å²) >= 11 is 0. The van der Waals surface area contributed by atoms with Crippen LogP contribution in [-0.4, -0.2) is 37.8 Å². The molecule has 26 heavy (non-hydrogen) atoms. The molecule has 146 valence electrons. The molecule has 0 fully saturated rings. The van der Waals surface area contributed by atoms with E-state index in [-0.39, 0.29) is 5.97 Å². The van der Waals surface area contributed by atoms with Crippen LogP contribution in [0, 0.1) is 0 Å². The third-order valence-electron chi connectivity index (χ3n) is 3.39. The minimum atomic E-state index is -2.63. The van der Waals surface area contributed by atoms with E-state index in [1.54, 1.807) is 6.92 Å². The zero-order valence-electron chi connectivity index (χ0n) is 17.3. The van der Waals surface area contributed by atoms with Crippen molar-refractivity contribution in [2.75, 3.05) is 6.61 Å². The van der Waals surface area contributed by atoms with Crippen LogP contribution in [0.2, 0.25) is 45.3 Å². The number of carbonyl (C=O) groups excluding carboxylic acids is 1. The van der Waals surface area contributed by atoms with Crippen LogP contribution in [0.3, 0.4) is 0 Å². The molecular weight excluding hydrogens is 376 g/mol. The molecule has 1 aromatic carbocycles. The quantitative estimate of drug-likeness (QED) is 0.246. The Morgan fingerprint density at radius 2 is 1.46 bits per heavy atom. The van der Waals surface area contributed by atoms with E-state index in [0.717, 1.165) is 17.7 Å². The fraction of sp³-hybridized carbons (Fsp3) is 0.526. The van der Waals surface area contributed by atoms with Crippen molar-refractivity contribution in [3.8, 4) is 0 Å². The normalized spacial score (nSPS) is 12.7. The van der Waals surface area contributed by atoms with Gasteiger partial charge in [-0.2, -0.15) is 0 Å². The molecule has 0 aliphatic carbocycles. The largest absolute Gasteiger partial charge is 0.462 e. The van der Waals surface area contributed by atoms with Crippen molar-refractivity contribution in [2.45, 2.75) is 58.7 Å². The minimum Gasteiger partial charge on any atom is -0.462 e. The summed E-state index contributed by atoms with van der Waals surface area (Å²) in [6.45, 7) is 18.8. The maximum Gasteiger partial charge on any atom is 0.352 e. The highest BCUT2D eigenvalue weighted by Gasteiger charge is 2.46. The second-order valence-corrected chi connectivity index (χ2v) is 21.2. The third kappa shape index (κ3) is 8.13.